The summed E-state index contributed by atoms with van der Waals surface area (Å²) in [6, 6.07) is 5.99. The number of benzene rings is 1. The molecule has 0 spiro atoms. The minimum Gasteiger partial charge on any atom is -0.399 e. The first-order chi connectivity index (χ1) is 7.32. The molecular weight excluding hydrogens is 224 g/mol. The lowest BCUT2D eigenvalue weighted by Crippen LogP contribution is -2.38. The molecule has 1 fully saturated rings. The van der Waals surface area contributed by atoms with E-state index in [0.717, 1.165) is 4.90 Å². The number of anilines is 2. The summed E-state index contributed by atoms with van der Waals surface area (Å²) in [6.45, 7) is -1.97. The summed E-state index contributed by atoms with van der Waals surface area (Å²) in [5.41, 5.74) is 6.11. The van der Waals surface area contributed by atoms with Crippen LogP contribution in [0.4, 0.5) is 28.9 Å². The molecule has 2 rings (SSSR count). The van der Waals surface area contributed by atoms with E-state index in [1.54, 1.807) is 12.1 Å². The monoisotopic (exact) mass is 234 g/mol. The second-order valence-corrected chi connectivity index (χ2v) is 3.86. The van der Waals surface area contributed by atoms with Gasteiger partial charge in [-0.1, -0.05) is 6.07 Å². The highest BCUT2D eigenvalue weighted by Crippen LogP contribution is 2.42. The highest BCUT2D eigenvalue weighted by atomic mass is 19.3. The third-order valence-electron chi connectivity index (χ3n) is 2.55. The highest BCUT2D eigenvalue weighted by molar-refractivity contribution is 5.57. The fourth-order valence-electron chi connectivity index (χ4n) is 1.67. The molecular formula is C10H10F4N2. The zero-order valence-electron chi connectivity index (χ0n) is 8.26. The first-order valence-corrected chi connectivity index (χ1v) is 4.68. The molecule has 1 aromatic rings. The van der Waals surface area contributed by atoms with Crippen LogP contribution in [0.3, 0.4) is 0 Å². The van der Waals surface area contributed by atoms with Gasteiger partial charge >= 0.3 is 11.8 Å². The second kappa shape index (κ2) is 3.26. The van der Waals surface area contributed by atoms with Crippen molar-refractivity contribution in [3.8, 4) is 0 Å². The third kappa shape index (κ3) is 1.68. The summed E-state index contributed by atoms with van der Waals surface area (Å²) in [5, 5.41) is 0. The van der Waals surface area contributed by atoms with Gasteiger partial charge in [0.2, 0.25) is 0 Å². The quantitative estimate of drug-likeness (QED) is 0.597. The molecule has 2 N–H and O–H groups in total. The van der Waals surface area contributed by atoms with Gasteiger partial charge in [-0.15, -0.1) is 0 Å². The Labute approximate surface area is 89.6 Å². The molecule has 1 aliphatic rings. The molecule has 0 aromatic heterocycles. The van der Waals surface area contributed by atoms with Gasteiger partial charge in [0.1, 0.15) is 0 Å². The first kappa shape index (κ1) is 11.0. The van der Waals surface area contributed by atoms with Crippen molar-refractivity contribution >= 4 is 11.4 Å². The number of halogens is 4. The maximum absolute atomic E-state index is 12.9. The Kier molecular flexibility index (Phi) is 2.25. The smallest absolute Gasteiger partial charge is 0.329 e. The van der Waals surface area contributed by atoms with E-state index in [1.165, 1.54) is 12.1 Å². The molecule has 0 aliphatic carbocycles. The van der Waals surface area contributed by atoms with Gasteiger partial charge in [0.05, 0.1) is 13.1 Å². The molecule has 0 bridgehead atoms. The predicted molar refractivity (Wildman–Crippen MR) is 53.0 cm³/mol. The van der Waals surface area contributed by atoms with Crippen LogP contribution in [0, 0.1) is 0 Å². The van der Waals surface area contributed by atoms with Crippen LogP contribution in [0.25, 0.3) is 0 Å². The predicted octanol–water partition coefficient (Wildman–Crippen LogP) is 2.36. The number of nitrogens with zero attached hydrogens (tertiary/aromatic N) is 1. The van der Waals surface area contributed by atoms with Crippen LogP contribution in [-0.4, -0.2) is 24.9 Å². The van der Waals surface area contributed by atoms with Crippen molar-refractivity contribution in [3.63, 3.8) is 0 Å². The lowest BCUT2D eigenvalue weighted by atomic mass is 10.2. The number of rotatable bonds is 1. The highest BCUT2D eigenvalue weighted by Gasteiger charge is 2.62. The van der Waals surface area contributed by atoms with E-state index in [0.29, 0.717) is 5.69 Å². The van der Waals surface area contributed by atoms with Crippen LogP contribution >= 0.6 is 0 Å². The number of hydrogen-bond acceptors (Lipinski definition) is 2. The van der Waals surface area contributed by atoms with Gasteiger partial charge in [-0.05, 0) is 18.2 Å². The SMILES string of the molecule is Nc1cccc(N2CC(F)(F)C(F)(F)C2)c1. The van der Waals surface area contributed by atoms with Crippen molar-refractivity contribution in [1.82, 2.24) is 0 Å². The summed E-state index contributed by atoms with van der Waals surface area (Å²) in [4.78, 5) is 0.941. The molecule has 0 unspecified atom stereocenters. The minimum absolute atomic E-state index is 0.289. The molecule has 0 radical (unpaired) electrons. The first-order valence-electron chi connectivity index (χ1n) is 4.68. The van der Waals surface area contributed by atoms with Crippen molar-refractivity contribution in [2.75, 3.05) is 23.7 Å². The van der Waals surface area contributed by atoms with Gasteiger partial charge in [0.15, 0.2) is 0 Å². The standard InChI is InChI=1S/C10H10F4N2/c11-9(12)5-16(6-10(9,13)14)8-3-1-2-7(15)4-8/h1-4H,5-6,15H2. The second-order valence-electron chi connectivity index (χ2n) is 3.86. The van der Waals surface area contributed by atoms with Gasteiger partial charge in [0, 0.05) is 11.4 Å². The van der Waals surface area contributed by atoms with Crippen molar-refractivity contribution in [2.45, 2.75) is 11.8 Å². The number of hydrogen-bond donors (Lipinski definition) is 1. The molecule has 0 atom stereocenters. The maximum atomic E-state index is 12.9. The average Bonchev–Trinajstić information content (AvgIpc) is 2.36. The minimum atomic E-state index is -3.99. The van der Waals surface area contributed by atoms with Crippen LogP contribution in [0.5, 0.6) is 0 Å². The molecule has 16 heavy (non-hydrogen) atoms. The van der Waals surface area contributed by atoms with Crippen LogP contribution in [-0.2, 0) is 0 Å². The van der Waals surface area contributed by atoms with Crippen LogP contribution in [0.15, 0.2) is 24.3 Å². The van der Waals surface area contributed by atoms with Gasteiger partial charge < -0.3 is 10.6 Å². The third-order valence-corrected chi connectivity index (χ3v) is 2.55. The van der Waals surface area contributed by atoms with Crippen LogP contribution in [0.1, 0.15) is 0 Å². The van der Waals surface area contributed by atoms with Gasteiger partial charge in [-0.25, -0.2) is 0 Å². The molecule has 6 heteroatoms. The van der Waals surface area contributed by atoms with E-state index in [1.807, 2.05) is 0 Å². The zero-order chi connectivity index (χ0) is 12.0. The Morgan fingerprint density at radius 3 is 2.12 bits per heavy atom. The summed E-state index contributed by atoms with van der Waals surface area (Å²) in [5.74, 6) is -7.98. The topological polar surface area (TPSA) is 29.3 Å². The molecule has 1 aliphatic heterocycles. The Morgan fingerprint density at radius 2 is 1.62 bits per heavy atom. The molecule has 0 saturated carbocycles. The molecule has 1 saturated heterocycles. The summed E-state index contributed by atoms with van der Waals surface area (Å²) in [7, 11) is 0. The number of nitrogens with two attached hydrogens (primary N) is 1. The number of nitrogen functional groups attached to an aromatic ring is 1. The molecule has 1 heterocycles. The Morgan fingerprint density at radius 1 is 1.06 bits per heavy atom. The van der Waals surface area contributed by atoms with Crippen LogP contribution < -0.4 is 10.6 Å². The maximum Gasteiger partial charge on any atom is 0.329 e. The van der Waals surface area contributed by atoms with Crippen molar-refractivity contribution in [2.24, 2.45) is 0 Å². The fourth-order valence-corrected chi connectivity index (χ4v) is 1.67. The summed E-state index contributed by atoms with van der Waals surface area (Å²) >= 11 is 0. The molecule has 0 amide bonds. The average molecular weight is 234 g/mol. The van der Waals surface area contributed by atoms with E-state index in [4.69, 9.17) is 5.73 Å². The lowest BCUT2D eigenvalue weighted by molar-refractivity contribution is -0.172. The molecule has 88 valence electrons. The zero-order valence-corrected chi connectivity index (χ0v) is 8.26. The fraction of sp³-hybridized carbons (Fsp3) is 0.400. The van der Waals surface area contributed by atoms with Crippen molar-refractivity contribution < 1.29 is 17.6 Å². The Balaban J connectivity index is 2.27. The van der Waals surface area contributed by atoms with E-state index in [9.17, 15) is 17.6 Å². The molecule has 1 aromatic carbocycles. The Bertz CT molecular complexity index is 390. The van der Waals surface area contributed by atoms with E-state index < -0.39 is 24.9 Å². The Hall–Kier alpha value is -1.46. The largest absolute Gasteiger partial charge is 0.399 e. The summed E-state index contributed by atoms with van der Waals surface area (Å²) < 4.78 is 51.7. The summed E-state index contributed by atoms with van der Waals surface area (Å²) in [6.07, 6.45) is 0. The number of alkyl halides is 4. The van der Waals surface area contributed by atoms with E-state index in [-0.39, 0.29) is 5.69 Å². The lowest BCUT2D eigenvalue weighted by Gasteiger charge is -2.17. The van der Waals surface area contributed by atoms with Gasteiger partial charge in [0.25, 0.3) is 0 Å². The van der Waals surface area contributed by atoms with E-state index in [2.05, 4.69) is 0 Å². The van der Waals surface area contributed by atoms with Gasteiger partial charge in [-0.2, -0.15) is 17.6 Å². The van der Waals surface area contributed by atoms with Gasteiger partial charge in [-0.3, -0.25) is 0 Å². The molecule has 2 nitrogen and oxygen atoms in total. The van der Waals surface area contributed by atoms with Crippen molar-refractivity contribution in [1.29, 1.82) is 0 Å². The normalized spacial score (nSPS) is 22.4. The van der Waals surface area contributed by atoms with Crippen LogP contribution in [0.2, 0.25) is 0 Å². The van der Waals surface area contributed by atoms with E-state index >= 15 is 0 Å². The van der Waals surface area contributed by atoms with Crippen molar-refractivity contribution in [3.05, 3.63) is 24.3 Å².